The number of nitrogens with one attached hydrogen (secondary N) is 1. The number of alkyl carbamates (subject to hydrolysis) is 1. The number of benzene rings is 2. The van der Waals surface area contributed by atoms with Gasteiger partial charge in [0, 0.05) is 25.4 Å². The molecule has 0 aromatic heterocycles. The summed E-state index contributed by atoms with van der Waals surface area (Å²) in [5.41, 5.74) is 4.46. The van der Waals surface area contributed by atoms with Crippen LogP contribution in [0.3, 0.4) is 0 Å². The number of fused-ring (bicyclic) bond motifs is 3. The van der Waals surface area contributed by atoms with Crippen LogP contribution >= 0.6 is 0 Å². The van der Waals surface area contributed by atoms with Crippen LogP contribution in [0.15, 0.2) is 48.5 Å². The molecule has 2 atom stereocenters. The summed E-state index contributed by atoms with van der Waals surface area (Å²) in [4.78, 5) is 38.7. The summed E-state index contributed by atoms with van der Waals surface area (Å²) in [6.45, 7) is 8.36. The normalized spacial score (nSPS) is 14.4. The summed E-state index contributed by atoms with van der Waals surface area (Å²) in [6.07, 6.45) is -0.203. The van der Waals surface area contributed by atoms with Crippen LogP contribution in [0.1, 0.15) is 64.0 Å². The van der Waals surface area contributed by atoms with Crippen molar-refractivity contribution in [1.82, 2.24) is 10.2 Å². The average Bonchev–Trinajstić information content (AvgIpc) is 3.12. The van der Waals surface area contributed by atoms with Gasteiger partial charge in [0.15, 0.2) is 0 Å². The van der Waals surface area contributed by atoms with Gasteiger partial charge in [0.2, 0.25) is 5.91 Å². The van der Waals surface area contributed by atoms with Gasteiger partial charge in [-0.05, 0) is 47.4 Å². The largest absolute Gasteiger partial charge is 0.481 e. The summed E-state index contributed by atoms with van der Waals surface area (Å²) >= 11 is 0. The predicted molar refractivity (Wildman–Crippen MR) is 135 cm³/mol. The molecule has 2 aromatic rings. The van der Waals surface area contributed by atoms with E-state index < -0.39 is 18.1 Å². The van der Waals surface area contributed by atoms with E-state index in [4.69, 9.17) is 9.84 Å². The fourth-order valence-corrected chi connectivity index (χ4v) is 4.79. The maximum Gasteiger partial charge on any atom is 0.407 e. The van der Waals surface area contributed by atoms with E-state index in [0.717, 1.165) is 28.7 Å². The van der Waals surface area contributed by atoms with Crippen molar-refractivity contribution in [2.24, 2.45) is 5.41 Å². The Kier molecular flexibility index (Phi) is 8.20. The molecule has 2 unspecified atom stereocenters. The number of carboxylic acid groups (broad SMARTS) is 1. The van der Waals surface area contributed by atoms with Crippen molar-refractivity contribution in [3.63, 3.8) is 0 Å². The zero-order chi connectivity index (χ0) is 25.8. The van der Waals surface area contributed by atoms with Crippen molar-refractivity contribution in [1.29, 1.82) is 0 Å². The third-order valence-electron chi connectivity index (χ3n) is 6.50. The van der Waals surface area contributed by atoms with Crippen molar-refractivity contribution in [3.8, 4) is 11.1 Å². The molecular formula is C28H36N2O5. The molecule has 2 aromatic carbocycles. The number of hydrogen-bond acceptors (Lipinski definition) is 4. The van der Waals surface area contributed by atoms with Gasteiger partial charge in [0.25, 0.3) is 0 Å². The van der Waals surface area contributed by atoms with Gasteiger partial charge in [0.1, 0.15) is 12.6 Å². The van der Waals surface area contributed by atoms with Crippen molar-refractivity contribution < 1.29 is 24.2 Å². The van der Waals surface area contributed by atoms with Crippen LogP contribution in [-0.4, -0.2) is 53.7 Å². The quantitative estimate of drug-likeness (QED) is 0.524. The zero-order valence-electron chi connectivity index (χ0n) is 21.2. The SMILES string of the molecule is CC(CC(C)(C)C)N(C)C(=O)C(CCC(=O)O)NC(=O)OCC1c2ccccc2-c2ccccc21. The maximum atomic E-state index is 13.2. The number of likely N-dealkylation sites (N-methyl/N-ethyl adjacent to an activating group) is 1. The number of hydrogen-bond donors (Lipinski definition) is 2. The smallest absolute Gasteiger partial charge is 0.407 e. The minimum Gasteiger partial charge on any atom is -0.481 e. The Balaban J connectivity index is 1.68. The molecule has 7 heteroatoms. The minimum absolute atomic E-state index is 0.00899. The molecule has 0 saturated carbocycles. The number of aliphatic carboxylic acids is 1. The third-order valence-corrected chi connectivity index (χ3v) is 6.50. The lowest BCUT2D eigenvalue weighted by Gasteiger charge is -2.33. The van der Waals surface area contributed by atoms with Crippen molar-refractivity contribution in [2.75, 3.05) is 13.7 Å². The monoisotopic (exact) mass is 480 g/mol. The van der Waals surface area contributed by atoms with Gasteiger partial charge in [-0.3, -0.25) is 9.59 Å². The van der Waals surface area contributed by atoms with Crippen LogP contribution in [0.2, 0.25) is 0 Å². The summed E-state index contributed by atoms with van der Waals surface area (Å²) in [5.74, 6) is -1.45. The Labute approximate surface area is 207 Å². The molecule has 188 valence electrons. The Morgan fingerprint density at radius 3 is 2.09 bits per heavy atom. The van der Waals surface area contributed by atoms with E-state index in [1.165, 1.54) is 0 Å². The number of carbonyl (C=O) groups is 3. The Morgan fingerprint density at radius 1 is 1.03 bits per heavy atom. The Hall–Kier alpha value is -3.35. The van der Waals surface area contributed by atoms with Gasteiger partial charge >= 0.3 is 12.1 Å². The second-order valence-corrected chi connectivity index (χ2v) is 10.5. The molecule has 0 heterocycles. The molecule has 0 radical (unpaired) electrons. The van der Waals surface area contributed by atoms with Crippen molar-refractivity contribution >= 4 is 18.0 Å². The molecule has 1 aliphatic rings. The zero-order valence-corrected chi connectivity index (χ0v) is 21.2. The lowest BCUT2D eigenvalue weighted by atomic mass is 9.88. The highest BCUT2D eigenvalue weighted by atomic mass is 16.5. The van der Waals surface area contributed by atoms with Crippen molar-refractivity contribution in [3.05, 3.63) is 59.7 Å². The van der Waals surface area contributed by atoms with Crippen LogP contribution in [0.4, 0.5) is 4.79 Å². The summed E-state index contributed by atoms with van der Waals surface area (Å²) in [7, 11) is 1.69. The first kappa shape index (κ1) is 26.3. The number of rotatable bonds is 9. The number of ether oxygens (including phenoxy) is 1. The van der Waals surface area contributed by atoms with E-state index in [1.807, 2.05) is 43.3 Å². The minimum atomic E-state index is -1.03. The molecule has 0 bridgehead atoms. The second-order valence-electron chi connectivity index (χ2n) is 10.5. The lowest BCUT2D eigenvalue weighted by Crippen LogP contribution is -2.50. The standard InChI is InChI=1S/C28H36N2O5/c1-18(16-28(2,3)4)30(5)26(33)24(14-15-25(31)32)29-27(34)35-17-23-21-12-8-6-10-19(21)20-11-7-9-13-22(20)23/h6-13,18,23-24H,14-17H2,1-5H3,(H,29,34)(H,31,32). The molecule has 0 saturated heterocycles. The fraction of sp³-hybridized carbons (Fsp3) is 0.464. The number of carbonyl (C=O) groups excluding carboxylic acids is 2. The van der Waals surface area contributed by atoms with Crippen LogP contribution < -0.4 is 5.32 Å². The van der Waals surface area contributed by atoms with E-state index in [-0.39, 0.29) is 42.7 Å². The average molecular weight is 481 g/mol. The molecule has 3 rings (SSSR count). The fourth-order valence-electron chi connectivity index (χ4n) is 4.79. The topological polar surface area (TPSA) is 95.9 Å². The summed E-state index contributed by atoms with van der Waals surface area (Å²) in [5, 5.41) is 11.8. The highest BCUT2D eigenvalue weighted by molar-refractivity contribution is 5.86. The molecule has 2 N–H and O–H groups in total. The van der Waals surface area contributed by atoms with E-state index in [2.05, 4.69) is 38.2 Å². The van der Waals surface area contributed by atoms with Gasteiger partial charge < -0.3 is 20.1 Å². The van der Waals surface area contributed by atoms with Crippen LogP contribution in [-0.2, 0) is 14.3 Å². The Bertz CT molecular complexity index is 1030. The first-order valence-electron chi connectivity index (χ1n) is 12.1. The second kappa shape index (κ2) is 10.9. The van der Waals surface area contributed by atoms with Gasteiger partial charge in [-0.1, -0.05) is 69.3 Å². The highest BCUT2D eigenvalue weighted by Crippen LogP contribution is 2.44. The number of nitrogens with zero attached hydrogens (tertiary/aromatic N) is 1. The van der Waals surface area contributed by atoms with Crippen molar-refractivity contribution in [2.45, 2.75) is 65.0 Å². The van der Waals surface area contributed by atoms with E-state index in [9.17, 15) is 14.4 Å². The lowest BCUT2D eigenvalue weighted by molar-refractivity contribution is -0.138. The predicted octanol–water partition coefficient (Wildman–Crippen LogP) is 5.04. The first-order valence-corrected chi connectivity index (χ1v) is 12.1. The summed E-state index contributed by atoms with van der Waals surface area (Å²) in [6, 6.07) is 15.0. The number of carboxylic acids is 1. The molecule has 2 amide bonds. The van der Waals surface area contributed by atoms with Gasteiger partial charge in [-0.2, -0.15) is 0 Å². The van der Waals surface area contributed by atoms with Crippen LogP contribution in [0.5, 0.6) is 0 Å². The first-order chi connectivity index (χ1) is 16.5. The molecule has 0 aliphatic heterocycles. The number of amides is 2. The van der Waals surface area contributed by atoms with Gasteiger partial charge in [-0.25, -0.2) is 4.79 Å². The maximum absolute atomic E-state index is 13.2. The molecule has 0 fully saturated rings. The van der Waals surface area contributed by atoms with E-state index >= 15 is 0 Å². The molecular weight excluding hydrogens is 444 g/mol. The Morgan fingerprint density at radius 2 is 1.57 bits per heavy atom. The van der Waals surface area contributed by atoms with E-state index in [0.29, 0.717) is 0 Å². The van der Waals surface area contributed by atoms with Crippen LogP contribution in [0, 0.1) is 5.41 Å². The van der Waals surface area contributed by atoms with Gasteiger partial charge in [0.05, 0.1) is 0 Å². The molecule has 0 spiro atoms. The summed E-state index contributed by atoms with van der Waals surface area (Å²) < 4.78 is 5.58. The molecule has 1 aliphatic carbocycles. The van der Waals surface area contributed by atoms with Crippen LogP contribution in [0.25, 0.3) is 11.1 Å². The van der Waals surface area contributed by atoms with Gasteiger partial charge in [-0.15, -0.1) is 0 Å². The highest BCUT2D eigenvalue weighted by Gasteiger charge is 2.31. The van der Waals surface area contributed by atoms with E-state index in [1.54, 1.807) is 11.9 Å². The third kappa shape index (κ3) is 6.62. The molecule has 7 nitrogen and oxygen atoms in total. The molecule has 35 heavy (non-hydrogen) atoms.